The van der Waals surface area contributed by atoms with E-state index in [4.69, 9.17) is 5.73 Å². The lowest BCUT2D eigenvalue weighted by molar-refractivity contribution is 0.691. The third-order valence-electron chi connectivity index (χ3n) is 1.67. The van der Waals surface area contributed by atoms with Gasteiger partial charge >= 0.3 is 0 Å². The first-order chi connectivity index (χ1) is 6.25. The average Bonchev–Trinajstić information content (AvgIpc) is 2.64. The van der Waals surface area contributed by atoms with Gasteiger partial charge in [-0.25, -0.2) is 0 Å². The predicted molar refractivity (Wildman–Crippen MR) is 57.8 cm³/mol. The number of aromatic nitrogens is 2. The summed E-state index contributed by atoms with van der Waals surface area (Å²) in [7, 11) is 0. The van der Waals surface area contributed by atoms with Crippen molar-refractivity contribution in [2.45, 2.75) is 6.54 Å². The lowest BCUT2D eigenvalue weighted by Gasteiger charge is -1.96. The third kappa shape index (κ3) is 1.92. The van der Waals surface area contributed by atoms with Crippen LogP contribution in [0.1, 0.15) is 5.56 Å². The summed E-state index contributed by atoms with van der Waals surface area (Å²) >= 11 is 5.00. The first-order valence-corrected chi connectivity index (χ1v) is 5.49. The summed E-state index contributed by atoms with van der Waals surface area (Å²) in [6.07, 6.45) is 1.88. The molecule has 0 amide bonds. The van der Waals surface area contributed by atoms with Crippen LogP contribution in [0, 0.1) is 0 Å². The van der Waals surface area contributed by atoms with E-state index < -0.39 is 0 Å². The van der Waals surface area contributed by atoms with E-state index >= 15 is 0 Å². The molecule has 0 spiro atoms. The summed E-state index contributed by atoms with van der Waals surface area (Å²) in [5.41, 5.74) is 6.84. The molecule has 13 heavy (non-hydrogen) atoms. The van der Waals surface area contributed by atoms with E-state index in [9.17, 15) is 0 Å². The van der Waals surface area contributed by atoms with Crippen LogP contribution in [0.5, 0.6) is 0 Å². The number of anilines is 1. The van der Waals surface area contributed by atoms with Gasteiger partial charge in [0.25, 0.3) is 0 Å². The third-order valence-corrected chi connectivity index (χ3v) is 3.01. The van der Waals surface area contributed by atoms with E-state index in [1.165, 1.54) is 5.56 Å². The maximum atomic E-state index is 5.59. The molecule has 0 radical (unpaired) electrons. The van der Waals surface area contributed by atoms with E-state index in [-0.39, 0.29) is 0 Å². The van der Waals surface area contributed by atoms with Crippen molar-refractivity contribution in [3.05, 3.63) is 33.1 Å². The fraction of sp³-hybridized carbons (Fsp3) is 0.125. The molecule has 2 heterocycles. The molecule has 0 atom stereocenters. The Bertz CT molecular complexity index is 374. The molecule has 2 N–H and O–H groups in total. The van der Waals surface area contributed by atoms with E-state index in [1.807, 2.05) is 10.9 Å². The predicted octanol–water partition coefficient (Wildman–Crippen LogP) is 2.34. The topological polar surface area (TPSA) is 43.8 Å². The Hall–Kier alpha value is -0.810. The number of thiophene rings is 1. The highest BCUT2D eigenvalue weighted by molar-refractivity contribution is 9.10. The molecule has 0 aliphatic heterocycles. The van der Waals surface area contributed by atoms with Crippen molar-refractivity contribution < 1.29 is 0 Å². The number of halogens is 1. The molecule has 2 aromatic rings. The van der Waals surface area contributed by atoms with Gasteiger partial charge < -0.3 is 5.73 Å². The van der Waals surface area contributed by atoms with Gasteiger partial charge in [-0.2, -0.15) is 16.4 Å². The number of nitrogens with two attached hydrogens (primary N) is 1. The summed E-state index contributed by atoms with van der Waals surface area (Å²) in [6.45, 7) is 0.777. The normalized spacial score (nSPS) is 10.5. The van der Waals surface area contributed by atoms with Crippen LogP contribution in [0.4, 0.5) is 5.82 Å². The quantitative estimate of drug-likeness (QED) is 0.898. The van der Waals surface area contributed by atoms with E-state index in [0.717, 1.165) is 11.0 Å². The van der Waals surface area contributed by atoms with Crippen LogP contribution in [-0.2, 0) is 6.54 Å². The molecular formula is C8H8BrN3S. The van der Waals surface area contributed by atoms with Gasteiger partial charge in [0, 0.05) is 6.20 Å². The smallest absolute Gasteiger partial charge is 0.159 e. The van der Waals surface area contributed by atoms with Gasteiger partial charge in [0.1, 0.15) is 0 Å². The Labute approximate surface area is 88.3 Å². The van der Waals surface area contributed by atoms with Crippen molar-refractivity contribution in [1.29, 1.82) is 0 Å². The van der Waals surface area contributed by atoms with Crippen molar-refractivity contribution >= 4 is 33.1 Å². The zero-order valence-electron chi connectivity index (χ0n) is 6.77. The summed E-state index contributed by atoms with van der Waals surface area (Å²) in [4.78, 5) is 0. The lowest BCUT2D eigenvalue weighted by atomic mass is 10.3. The Morgan fingerprint density at radius 3 is 3.00 bits per heavy atom. The number of nitrogen functional groups attached to an aromatic ring is 1. The van der Waals surface area contributed by atoms with Crippen LogP contribution in [0.25, 0.3) is 0 Å². The minimum atomic E-state index is 0.537. The fourth-order valence-electron chi connectivity index (χ4n) is 1.06. The lowest BCUT2D eigenvalue weighted by Crippen LogP contribution is -1.99. The molecule has 0 unspecified atom stereocenters. The van der Waals surface area contributed by atoms with Crippen molar-refractivity contribution in [3.63, 3.8) is 0 Å². The minimum absolute atomic E-state index is 0.537. The van der Waals surface area contributed by atoms with Gasteiger partial charge in [-0.3, -0.25) is 4.68 Å². The minimum Gasteiger partial charge on any atom is -0.381 e. The number of rotatable bonds is 2. The molecule has 0 aromatic carbocycles. The molecule has 2 rings (SSSR count). The zero-order valence-corrected chi connectivity index (χ0v) is 9.18. The summed E-state index contributed by atoms with van der Waals surface area (Å²) in [6, 6.07) is 2.08. The second-order valence-corrected chi connectivity index (χ2v) is 4.33. The summed E-state index contributed by atoms with van der Waals surface area (Å²) in [5.74, 6) is 0.537. The number of nitrogens with zero attached hydrogens (tertiary/aromatic N) is 2. The van der Waals surface area contributed by atoms with Crippen LogP contribution in [-0.4, -0.2) is 9.78 Å². The van der Waals surface area contributed by atoms with E-state index in [2.05, 4.69) is 37.9 Å². The van der Waals surface area contributed by atoms with E-state index in [0.29, 0.717) is 5.82 Å². The standard InChI is InChI=1S/C8H8BrN3S/c9-7-4-12(11-8(7)10)3-6-1-2-13-5-6/h1-2,4-5H,3H2,(H2,10,11). The molecule has 3 nitrogen and oxygen atoms in total. The molecule has 0 aliphatic carbocycles. The first-order valence-electron chi connectivity index (χ1n) is 3.75. The van der Waals surface area contributed by atoms with Crippen LogP contribution < -0.4 is 5.73 Å². The largest absolute Gasteiger partial charge is 0.381 e. The molecule has 0 bridgehead atoms. The highest BCUT2D eigenvalue weighted by Gasteiger charge is 2.02. The number of hydrogen-bond acceptors (Lipinski definition) is 3. The highest BCUT2D eigenvalue weighted by Crippen LogP contribution is 2.17. The molecule has 5 heteroatoms. The van der Waals surface area contributed by atoms with Gasteiger partial charge in [0.05, 0.1) is 11.0 Å². The second-order valence-electron chi connectivity index (χ2n) is 2.69. The Morgan fingerprint density at radius 2 is 2.46 bits per heavy atom. The van der Waals surface area contributed by atoms with Crippen LogP contribution in [0.15, 0.2) is 27.5 Å². The van der Waals surface area contributed by atoms with Gasteiger partial charge in [-0.1, -0.05) is 0 Å². The zero-order chi connectivity index (χ0) is 9.26. The van der Waals surface area contributed by atoms with Crippen LogP contribution in [0.2, 0.25) is 0 Å². The molecule has 0 saturated heterocycles. The molecular weight excluding hydrogens is 250 g/mol. The van der Waals surface area contributed by atoms with Crippen LogP contribution in [0.3, 0.4) is 0 Å². The summed E-state index contributed by atoms with van der Waals surface area (Å²) in [5, 5.41) is 8.29. The summed E-state index contributed by atoms with van der Waals surface area (Å²) < 4.78 is 2.67. The number of hydrogen-bond donors (Lipinski definition) is 1. The second kappa shape index (κ2) is 3.51. The van der Waals surface area contributed by atoms with E-state index in [1.54, 1.807) is 11.3 Å². The molecule has 0 saturated carbocycles. The highest BCUT2D eigenvalue weighted by atomic mass is 79.9. The molecule has 68 valence electrons. The average molecular weight is 258 g/mol. The van der Waals surface area contributed by atoms with Gasteiger partial charge in [-0.15, -0.1) is 0 Å². The Kier molecular flexibility index (Phi) is 2.37. The van der Waals surface area contributed by atoms with Crippen LogP contribution >= 0.6 is 27.3 Å². The van der Waals surface area contributed by atoms with Gasteiger partial charge in [0.2, 0.25) is 0 Å². The van der Waals surface area contributed by atoms with Crippen molar-refractivity contribution in [3.8, 4) is 0 Å². The van der Waals surface area contributed by atoms with Crippen molar-refractivity contribution in [1.82, 2.24) is 9.78 Å². The monoisotopic (exact) mass is 257 g/mol. The Morgan fingerprint density at radius 1 is 1.62 bits per heavy atom. The maximum absolute atomic E-state index is 5.59. The molecule has 0 aliphatic rings. The fourth-order valence-corrected chi connectivity index (χ4v) is 2.04. The molecule has 0 fully saturated rings. The van der Waals surface area contributed by atoms with Gasteiger partial charge in [-0.05, 0) is 38.3 Å². The van der Waals surface area contributed by atoms with Gasteiger partial charge in [0.15, 0.2) is 5.82 Å². The van der Waals surface area contributed by atoms with Crippen molar-refractivity contribution in [2.75, 3.05) is 5.73 Å². The molecule has 2 aromatic heterocycles. The SMILES string of the molecule is Nc1nn(Cc2ccsc2)cc1Br. The Balaban J connectivity index is 2.19. The van der Waals surface area contributed by atoms with Crippen molar-refractivity contribution in [2.24, 2.45) is 0 Å². The first kappa shape index (κ1) is 8.77. The maximum Gasteiger partial charge on any atom is 0.159 e.